The van der Waals surface area contributed by atoms with Crippen LogP contribution in [0.1, 0.15) is 11.1 Å². The van der Waals surface area contributed by atoms with Gasteiger partial charge in [0.1, 0.15) is 11.6 Å². The maximum absolute atomic E-state index is 13.6. The van der Waals surface area contributed by atoms with Crippen LogP contribution in [-0.4, -0.2) is 35.0 Å². The van der Waals surface area contributed by atoms with Crippen LogP contribution >= 0.6 is 0 Å². The Balaban J connectivity index is 2.20. The van der Waals surface area contributed by atoms with Crippen molar-refractivity contribution in [3.63, 3.8) is 0 Å². The Hall–Kier alpha value is -2.95. The lowest BCUT2D eigenvalue weighted by atomic mass is 10.0. The van der Waals surface area contributed by atoms with Crippen molar-refractivity contribution < 1.29 is 14.3 Å². The van der Waals surface area contributed by atoms with E-state index in [1.165, 1.54) is 23.1 Å². The first-order valence-electron chi connectivity index (χ1n) is 7.95. The smallest absolute Gasteiger partial charge is 0.226 e. The Morgan fingerprint density at radius 2 is 1.96 bits per heavy atom. The summed E-state index contributed by atoms with van der Waals surface area (Å²) in [5.74, 6) is -0.496. The molecule has 0 atom stereocenters. The quantitative estimate of drug-likeness (QED) is 0.792. The lowest BCUT2D eigenvalue weighted by Crippen LogP contribution is -2.23. The molecule has 0 fully saturated rings. The first-order chi connectivity index (χ1) is 11.9. The van der Waals surface area contributed by atoms with Crippen molar-refractivity contribution in [2.45, 2.75) is 13.3 Å². The van der Waals surface area contributed by atoms with E-state index in [4.69, 9.17) is 0 Å². The molecule has 0 bridgehead atoms. The van der Waals surface area contributed by atoms with Gasteiger partial charge in [-0.25, -0.2) is 9.37 Å². The number of aromatic nitrogens is 1. The van der Waals surface area contributed by atoms with E-state index < -0.39 is 5.82 Å². The van der Waals surface area contributed by atoms with Crippen molar-refractivity contribution in [2.75, 3.05) is 14.1 Å². The van der Waals surface area contributed by atoms with Gasteiger partial charge in [0.2, 0.25) is 5.91 Å². The zero-order valence-corrected chi connectivity index (χ0v) is 14.4. The maximum atomic E-state index is 13.6. The fraction of sp³-hybridized carbons (Fsp3) is 0.200. The van der Waals surface area contributed by atoms with Crippen molar-refractivity contribution in [3.8, 4) is 17.0 Å². The van der Waals surface area contributed by atoms with Crippen LogP contribution in [-0.2, 0) is 11.2 Å². The van der Waals surface area contributed by atoms with Crippen molar-refractivity contribution in [2.24, 2.45) is 0 Å². The zero-order chi connectivity index (χ0) is 18.1. The number of fused-ring (bicyclic) bond motifs is 1. The maximum Gasteiger partial charge on any atom is 0.226 e. The van der Waals surface area contributed by atoms with Gasteiger partial charge in [0.25, 0.3) is 0 Å². The third kappa shape index (κ3) is 3.31. The average Bonchev–Trinajstić information content (AvgIpc) is 2.57. The third-order valence-corrected chi connectivity index (χ3v) is 4.20. The van der Waals surface area contributed by atoms with Crippen LogP contribution in [0, 0.1) is 12.7 Å². The number of aryl methyl sites for hydroxylation is 1. The molecule has 1 N–H and O–H groups in total. The minimum absolute atomic E-state index is 0.0223. The number of para-hydroxylation sites is 1. The van der Waals surface area contributed by atoms with Gasteiger partial charge in [-0.2, -0.15) is 0 Å². The number of benzene rings is 2. The van der Waals surface area contributed by atoms with Crippen molar-refractivity contribution in [1.82, 2.24) is 9.88 Å². The molecule has 3 rings (SSSR count). The molecule has 0 aliphatic carbocycles. The third-order valence-electron chi connectivity index (χ3n) is 4.20. The number of likely N-dealkylation sites (N-methyl/N-ethyl adjacent to an activating group) is 1. The van der Waals surface area contributed by atoms with Gasteiger partial charge in [0, 0.05) is 25.0 Å². The van der Waals surface area contributed by atoms with Gasteiger partial charge in [0.05, 0.1) is 17.6 Å². The van der Waals surface area contributed by atoms with E-state index in [2.05, 4.69) is 4.98 Å². The predicted octanol–water partition coefficient (Wildman–Crippen LogP) is 3.69. The number of carbonyl (C=O) groups excluding carboxylic acids is 1. The molecule has 0 spiro atoms. The second-order valence-corrected chi connectivity index (χ2v) is 6.26. The Labute approximate surface area is 145 Å². The number of carbonyl (C=O) groups is 1. The summed E-state index contributed by atoms with van der Waals surface area (Å²) in [6.07, 6.45) is 0.232. The van der Waals surface area contributed by atoms with Crippen molar-refractivity contribution in [1.29, 1.82) is 0 Å². The lowest BCUT2D eigenvalue weighted by molar-refractivity contribution is -0.127. The lowest BCUT2D eigenvalue weighted by Gasteiger charge is -2.13. The number of amides is 1. The average molecular weight is 338 g/mol. The Kier molecular flexibility index (Phi) is 4.40. The molecular weight excluding hydrogens is 319 g/mol. The first kappa shape index (κ1) is 16.9. The minimum atomic E-state index is -0.441. The zero-order valence-electron chi connectivity index (χ0n) is 14.4. The number of hydrogen-bond donors (Lipinski definition) is 1. The number of aromatic hydroxyl groups is 1. The molecule has 1 amide bonds. The van der Waals surface area contributed by atoms with Crippen LogP contribution in [0.15, 0.2) is 42.5 Å². The van der Waals surface area contributed by atoms with Gasteiger partial charge in [-0.15, -0.1) is 0 Å². The summed E-state index contributed by atoms with van der Waals surface area (Å²) in [6, 6.07) is 11.3. The number of phenolic OH excluding ortho intramolecular Hbond substituents is 1. The standard InChI is InChI=1S/C20H19FN2O2/c1-12-9-17(16-11-14(21)7-8-18(16)24)22-20-13(5-4-6-15(12)20)10-19(25)23(2)3/h4-9,11,24H,10H2,1-3H3. The van der Waals surface area contributed by atoms with E-state index >= 15 is 0 Å². The van der Waals surface area contributed by atoms with Crippen LogP contribution in [0.2, 0.25) is 0 Å². The number of nitrogens with zero attached hydrogens (tertiary/aromatic N) is 2. The summed E-state index contributed by atoms with van der Waals surface area (Å²) < 4.78 is 13.6. The molecular formula is C20H19FN2O2. The summed E-state index contributed by atoms with van der Waals surface area (Å²) in [7, 11) is 3.42. The van der Waals surface area contributed by atoms with E-state index in [1.54, 1.807) is 14.1 Å². The first-order valence-corrected chi connectivity index (χ1v) is 7.95. The summed E-state index contributed by atoms with van der Waals surface area (Å²) in [5, 5.41) is 11.0. The molecule has 0 aliphatic rings. The number of hydrogen-bond acceptors (Lipinski definition) is 3. The van der Waals surface area contributed by atoms with Crippen molar-refractivity contribution in [3.05, 3.63) is 59.4 Å². The molecule has 0 unspecified atom stereocenters. The van der Waals surface area contributed by atoms with Crippen LogP contribution in [0.25, 0.3) is 22.2 Å². The van der Waals surface area contributed by atoms with E-state index in [9.17, 15) is 14.3 Å². The molecule has 1 aromatic heterocycles. The molecule has 3 aromatic rings. The molecule has 0 radical (unpaired) electrons. The van der Waals surface area contributed by atoms with Gasteiger partial charge >= 0.3 is 0 Å². The van der Waals surface area contributed by atoms with Crippen LogP contribution in [0.5, 0.6) is 5.75 Å². The monoisotopic (exact) mass is 338 g/mol. The number of rotatable bonds is 3. The van der Waals surface area contributed by atoms with Gasteiger partial charge < -0.3 is 10.0 Å². The molecule has 2 aromatic carbocycles. The Morgan fingerprint density at radius 3 is 2.68 bits per heavy atom. The Bertz CT molecular complexity index is 967. The molecule has 128 valence electrons. The van der Waals surface area contributed by atoms with Crippen molar-refractivity contribution >= 4 is 16.8 Å². The van der Waals surface area contributed by atoms with E-state index in [-0.39, 0.29) is 18.1 Å². The highest BCUT2D eigenvalue weighted by Crippen LogP contribution is 2.32. The fourth-order valence-electron chi connectivity index (χ4n) is 2.79. The number of pyridine rings is 1. The minimum Gasteiger partial charge on any atom is -0.507 e. The summed E-state index contributed by atoms with van der Waals surface area (Å²) in [4.78, 5) is 18.3. The van der Waals surface area contributed by atoms with Crippen LogP contribution in [0.3, 0.4) is 0 Å². The summed E-state index contributed by atoms with van der Waals surface area (Å²) in [6.45, 7) is 1.93. The fourth-order valence-corrected chi connectivity index (χ4v) is 2.79. The molecule has 0 aliphatic heterocycles. The van der Waals surface area contributed by atoms with E-state index in [0.29, 0.717) is 16.8 Å². The summed E-state index contributed by atoms with van der Waals surface area (Å²) >= 11 is 0. The largest absolute Gasteiger partial charge is 0.507 e. The second kappa shape index (κ2) is 6.51. The van der Waals surface area contributed by atoms with Gasteiger partial charge in [0.15, 0.2) is 0 Å². The SMILES string of the molecule is Cc1cc(-c2cc(F)ccc2O)nc2c(CC(=O)N(C)C)cccc12. The van der Waals surface area contributed by atoms with Crippen LogP contribution < -0.4 is 0 Å². The molecule has 1 heterocycles. The topological polar surface area (TPSA) is 53.4 Å². The highest BCUT2D eigenvalue weighted by molar-refractivity contribution is 5.91. The molecule has 5 heteroatoms. The second-order valence-electron chi connectivity index (χ2n) is 6.26. The molecule has 4 nitrogen and oxygen atoms in total. The van der Waals surface area contributed by atoms with Gasteiger partial charge in [-0.1, -0.05) is 18.2 Å². The molecule has 0 saturated heterocycles. The predicted molar refractivity (Wildman–Crippen MR) is 95.9 cm³/mol. The Morgan fingerprint density at radius 1 is 1.20 bits per heavy atom. The molecule has 25 heavy (non-hydrogen) atoms. The molecule has 0 saturated carbocycles. The normalized spacial score (nSPS) is 10.9. The van der Waals surface area contributed by atoms with E-state index in [0.717, 1.165) is 16.5 Å². The summed E-state index contributed by atoms with van der Waals surface area (Å²) in [5.41, 5.74) is 3.25. The van der Waals surface area contributed by atoms with Gasteiger partial charge in [-0.05, 0) is 42.3 Å². The van der Waals surface area contributed by atoms with Crippen LogP contribution in [0.4, 0.5) is 4.39 Å². The number of halogens is 1. The highest BCUT2D eigenvalue weighted by atomic mass is 19.1. The highest BCUT2D eigenvalue weighted by Gasteiger charge is 2.14. The van der Waals surface area contributed by atoms with Gasteiger partial charge in [-0.3, -0.25) is 4.79 Å². The number of phenols is 1. The van der Waals surface area contributed by atoms with E-state index in [1.807, 2.05) is 31.2 Å².